The van der Waals surface area contributed by atoms with Crippen molar-refractivity contribution in [2.24, 2.45) is 5.92 Å². The molecule has 0 aromatic heterocycles. The molecule has 2 atom stereocenters. The van der Waals surface area contributed by atoms with E-state index in [0.717, 1.165) is 32.5 Å². The highest BCUT2D eigenvalue weighted by Crippen LogP contribution is 2.27. The summed E-state index contributed by atoms with van der Waals surface area (Å²) >= 11 is 0. The molecule has 18 heavy (non-hydrogen) atoms. The number of fused-ring (bicyclic) bond motifs is 3. The van der Waals surface area contributed by atoms with Crippen LogP contribution in [0.3, 0.4) is 0 Å². The van der Waals surface area contributed by atoms with E-state index in [4.69, 9.17) is 10.2 Å². The van der Waals surface area contributed by atoms with Crippen LogP contribution in [0.5, 0.6) is 0 Å². The molecule has 3 saturated heterocycles. The fraction of sp³-hybridized carbons (Fsp3) is 0.818. The number of hydrogen-bond acceptors (Lipinski definition) is 4. The van der Waals surface area contributed by atoms with Crippen LogP contribution in [0.4, 0.5) is 4.79 Å². The molecule has 3 aliphatic heterocycles. The summed E-state index contributed by atoms with van der Waals surface area (Å²) in [6.45, 7) is 2.78. The maximum absolute atomic E-state index is 11.6. The smallest absolute Gasteiger partial charge is 0.334 e. The van der Waals surface area contributed by atoms with Crippen LogP contribution in [0, 0.1) is 5.92 Å². The van der Waals surface area contributed by atoms with Crippen molar-refractivity contribution in [2.45, 2.75) is 25.0 Å². The zero-order valence-corrected chi connectivity index (χ0v) is 10.1. The van der Waals surface area contributed by atoms with Gasteiger partial charge in [0, 0.05) is 12.6 Å². The maximum atomic E-state index is 11.6. The molecule has 7 heteroatoms. The van der Waals surface area contributed by atoms with E-state index >= 15 is 0 Å². The first-order valence-electron chi connectivity index (χ1n) is 6.24. The predicted octanol–water partition coefficient (Wildman–Crippen LogP) is -1.17. The molecule has 0 spiro atoms. The van der Waals surface area contributed by atoms with Crippen molar-refractivity contribution in [2.75, 3.05) is 26.2 Å². The molecule has 0 aromatic carbocycles. The molecule has 7 nitrogen and oxygen atoms in total. The standard InChI is InChI=1S/C11H19N3O4/c15-9(10(16)17)5-12-11(18)13-8-6-14-3-1-7(8)2-4-14/h7-9,15H,1-6H2,(H,16,17)(H2,12,13,18)/t8?,9-/m0/s1. The average Bonchev–Trinajstić information content (AvgIpc) is 2.37. The van der Waals surface area contributed by atoms with E-state index in [9.17, 15) is 9.59 Å². The highest BCUT2D eigenvalue weighted by molar-refractivity contribution is 5.76. The van der Waals surface area contributed by atoms with Crippen molar-refractivity contribution in [3.8, 4) is 0 Å². The van der Waals surface area contributed by atoms with E-state index in [2.05, 4.69) is 15.5 Å². The first-order chi connectivity index (χ1) is 8.56. The Balaban J connectivity index is 1.73. The van der Waals surface area contributed by atoms with Crippen LogP contribution in [-0.2, 0) is 4.79 Å². The van der Waals surface area contributed by atoms with Gasteiger partial charge in [-0.1, -0.05) is 0 Å². The van der Waals surface area contributed by atoms with Crippen LogP contribution >= 0.6 is 0 Å². The number of carbonyl (C=O) groups is 2. The summed E-state index contributed by atoms with van der Waals surface area (Å²) in [5, 5.41) is 22.7. The largest absolute Gasteiger partial charge is 0.479 e. The molecule has 0 aliphatic carbocycles. The monoisotopic (exact) mass is 257 g/mol. The lowest BCUT2D eigenvalue weighted by atomic mass is 9.84. The Morgan fingerprint density at radius 1 is 1.33 bits per heavy atom. The summed E-state index contributed by atoms with van der Waals surface area (Å²) in [7, 11) is 0. The van der Waals surface area contributed by atoms with Gasteiger partial charge in [-0.3, -0.25) is 0 Å². The van der Waals surface area contributed by atoms with Crippen molar-refractivity contribution in [1.29, 1.82) is 0 Å². The van der Waals surface area contributed by atoms with Crippen LogP contribution in [0.25, 0.3) is 0 Å². The lowest BCUT2D eigenvalue weighted by Crippen LogP contribution is -2.59. The average molecular weight is 257 g/mol. The zero-order valence-electron chi connectivity index (χ0n) is 10.1. The van der Waals surface area contributed by atoms with Gasteiger partial charge >= 0.3 is 12.0 Å². The third kappa shape index (κ3) is 3.11. The topological polar surface area (TPSA) is 102 Å². The SMILES string of the molecule is O=C(NC[C@H](O)C(=O)O)NC1CN2CCC1CC2. The molecule has 2 bridgehead atoms. The van der Waals surface area contributed by atoms with E-state index < -0.39 is 18.1 Å². The number of rotatable bonds is 4. The lowest BCUT2D eigenvalue weighted by molar-refractivity contribution is -0.146. The lowest BCUT2D eigenvalue weighted by Gasteiger charge is -2.44. The summed E-state index contributed by atoms with van der Waals surface area (Å²) in [6.07, 6.45) is 0.646. The Morgan fingerprint density at radius 3 is 2.50 bits per heavy atom. The van der Waals surface area contributed by atoms with Gasteiger partial charge in [-0.2, -0.15) is 0 Å². The Morgan fingerprint density at radius 2 is 2.00 bits per heavy atom. The van der Waals surface area contributed by atoms with Crippen LogP contribution < -0.4 is 10.6 Å². The first kappa shape index (κ1) is 13.1. The summed E-state index contributed by atoms with van der Waals surface area (Å²) in [6, 6.07) is -0.275. The number of aliphatic hydroxyl groups excluding tert-OH is 1. The summed E-state index contributed by atoms with van der Waals surface area (Å²) in [5.74, 6) is -0.816. The number of hydrogen-bond donors (Lipinski definition) is 4. The van der Waals surface area contributed by atoms with E-state index in [1.54, 1.807) is 0 Å². The Hall–Kier alpha value is -1.34. The number of nitrogens with one attached hydrogen (secondary N) is 2. The quantitative estimate of drug-likeness (QED) is 0.508. The van der Waals surface area contributed by atoms with Crippen molar-refractivity contribution < 1.29 is 19.8 Å². The fourth-order valence-corrected chi connectivity index (χ4v) is 2.62. The van der Waals surface area contributed by atoms with Gasteiger partial charge in [-0.25, -0.2) is 9.59 Å². The minimum Gasteiger partial charge on any atom is -0.479 e. The van der Waals surface area contributed by atoms with Crippen LogP contribution in [0.2, 0.25) is 0 Å². The van der Waals surface area contributed by atoms with Gasteiger partial charge in [-0.05, 0) is 31.8 Å². The second-order valence-electron chi connectivity index (χ2n) is 4.95. The molecular formula is C11H19N3O4. The Kier molecular flexibility index (Phi) is 4.03. The highest BCUT2D eigenvalue weighted by Gasteiger charge is 2.34. The minimum absolute atomic E-state index is 0.134. The third-order valence-corrected chi connectivity index (χ3v) is 3.71. The highest BCUT2D eigenvalue weighted by atomic mass is 16.4. The molecule has 0 aromatic rings. The van der Waals surface area contributed by atoms with Gasteiger partial charge in [0.25, 0.3) is 0 Å². The zero-order chi connectivity index (χ0) is 13.1. The molecule has 4 N–H and O–H groups in total. The molecule has 2 amide bonds. The number of carbonyl (C=O) groups excluding carboxylic acids is 1. The van der Waals surface area contributed by atoms with Crippen LogP contribution in [-0.4, -0.2) is 65.4 Å². The molecule has 1 unspecified atom stereocenters. The summed E-state index contributed by atoms with van der Waals surface area (Å²) < 4.78 is 0. The maximum Gasteiger partial charge on any atom is 0.334 e. The second kappa shape index (κ2) is 5.53. The first-order valence-corrected chi connectivity index (χ1v) is 6.24. The second-order valence-corrected chi connectivity index (χ2v) is 4.95. The molecule has 3 heterocycles. The molecule has 0 radical (unpaired) electrons. The molecule has 3 rings (SSSR count). The fourth-order valence-electron chi connectivity index (χ4n) is 2.62. The predicted molar refractivity (Wildman–Crippen MR) is 63.1 cm³/mol. The normalized spacial score (nSPS) is 31.7. The summed E-state index contributed by atoms with van der Waals surface area (Å²) in [5.41, 5.74) is 0. The number of carboxylic acids is 1. The molecule has 3 fully saturated rings. The number of carboxylic acid groups (broad SMARTS) is 1. The van der Waals surface area contributed by atoms with Crippen LogP contribution in [0.1, 0.15) is 12.8 Å². The van der Waals surface area contributed by atoms with Gasteiger partial charge in [0.1, 0.15) is 0 Å². The van der Waals surface area contributed by atoms with Gasteiger partial charge in [0.05, 0.1) is 6.54 Å². The number of nitrogens with zero attached hydrogens (tertiary/aromatic N) is 1. The van der Waals surface area contributed by atoms with Crippen molar-refractivity contribution >= 4 is 12.0 Å². The van der Waals surface area contributed by atoms with Gasteiger partial charge in [-0.15, -0.1) is 0 Å². The molecule has 0 saturated carbocycles. The molecule has 3 aliphatic rings. The third-order valence-electron chi connectivity index (χ3n) is 3.71. The van der Waals surface area contributed by atoms with Crippen molar-refractivity contribution in [3.63, 3.8) is 0 Å². The molecular weight excluding hydrogens is 238 g/mol. The van der Waals surface area contributed by atoms with Crippen molar-refractivity contribution in [3.05, 3.63) is 0 Å². The van der Waals surface area contributed by atoms with E-state index in [0.29, 0.717) is 5.92 Å². The van der Waals surface area contributed by atoms with Crippen LogP contribution in [0.15, 0.2) is 0 Å². The van der Waals surface area contributed by atoms with Gasteiger partial charge in [0.15, 0.2) is 6.10 Å². The number of amides is 2. The number of aliphatic hydroxyl groups is 1. The van der Waals surface area contributed by atoms with Gasteiger partial charge < -0.3 is 25.7 Å². The molecule has 102 valence electrons. The van der Waals surface area contributed by atoms with E-state index in [-0.39, 0.29) is 12.6 Å². The number of aliphatic carboxylic acids is 1. The Bertz CT molecular complexity index is 328. The minimum atomic E-state index is -1.55. The summed E-state index contributed by atoms with van der Waals surface area (Å²) in [4.78, 5) is 24.3. The number of urea groups is 1. The number of piperidine rings is 3. The van der Waals surface area contributed by atoms with E-state index in [1.165, 1.54) is 0 Å². The van der Waals surface area contributed by atoms with Gasteiger partial charge in [0.2, 0.25) is 0 Å². The van der Waals surface area contributed by atoms with Crippen molar-refractivity contribution in [1.82, 2.24) is 15.5 Å². The Labute approximate surface area is 105 Å². The van der Waals surface area contributed by atoms with E-state index in [1.807, 2.05) is 0 Å².